The van der Waals surface area contributed by atoms with E-state index in [9.17, 15) is 4.79 Å². The minimum Gasteiger partial charge on any atom is -0.481 e. The molecule has 0 unspecified atom stereocenters. The van der Waals surface area contributed by atoms with E-state index >= 15 is 0 Å². The van der Waals surface area contributed by atoms with E-state index in [1.807, 2.05) is 0 Å². The summed E-state index contributed by atoms with van der Waals surface area (Å²) >= 11 is 0. The number of unbranched alkanes of at least 4 members (excludes halogenated alkanes) is 2. The Bertz CT molecular complexity index is 227. The number of carboxylic acids is 1. The van der Waals surface area contributed by atoms with E-state index in [-0.39, 0.29) is 13.0 Å². The highest BCUT2D eigenvalue weighted by Gasteiger charge is 2.18. The Hall–Kier alpha value is -0.650. The summed E-state index contributed by atoms with van der Waals surface area (Å²) in [4.78, 5) is 12.8. The molecule has 1 aliphatic heterocycles. The number of aliphatic carboxylic acids is 1. The fourth-order valence-electron chi connectivity index (χ4n) is 2.31. The number of aliphatic hydroxyl groups is 1. The molecule has 1 aliphatic rings. The van der Waals surface area contributed by atoms with Crippen molar-refractivity contribution in [1.29, 1.82) is 0 Å². The zero-order valence-corrected chi connectivity index (χ0v) is 11.0. The monoisotopic (exact) mass is 259 g/mol. The smallest absolute Gasteiger partial charge is 0.303 e. The Kier molecular flexibility index (Phi) is 7.96. The lowest BCUT2D eigenvalue weighted by Crippen LogP contribution is -2.37. The Labute approximate surface area is 109 Å². The largest absolute Gasteiger partial charge is 0.481 e. The normalized spacial score (nSPS) is 18.1. The maximum Gasteiger partial charge on any atom is 0.303 e. The van der Waals surface area contributed by atoms with Gasteiger partial charge in [0.25, 0.3) is 0 Å². The van der Waals surface area contributed by atoms with E-state index in [0.717, 1.165) is 51.7 Å². The van der Waals surface area contributed by atoms with E-state index in [1.54, 1.807) is 0 Å². The summed E-state index contributed by atoms with van der Waals surface area (Å²) in [7, 11) is 0. The van der Waals surface area contributed by atoms with E-state index < -0.39 is 5.97 Å². The number of hydrogen-bond donors (Lipinski definition) is 2. The van der Waals surface area contributed by atoms with Crippen molar-refractivity contribution in [3.05, 3.63) is 0 Å². The van der Waals surface area contributed by atoms with Gasteiger partial charge in [-0.1, -0.05) is 6.42 Å². The van der Waals surface area contributed by atoms with Gasteiger partial charge in [0.2, 0.25) is 0 Å². The lowest BCUT2D eigenvalue weighted by molar-refractivity contribution is -0.137. The predicted octanol–water partition coefficient (Wildman–Crippen LogP) is 1.10. The SMILES string of the molecule is O=C(O)CCCCCN1CCC(OCCO)CC1. The summed E-state index contributed by atoms with van der Waals surface area (Å²) in [6.45, 7) is 3.71. The molecule has 18 heavy (non-hydrogen) atoms. The second-order valence-corrected chi connectivity index (χ2v) is 4.84. The predicted molar refractivity (Wildman–Crippen MR) is 68.6 cm³/mol. The fourth-order valence-corrected chi connectivity index (χ4v) is 2.31. The van der Waals surface area contributed by atoms with Crippen molar-refractivity contribution in [2.75, 3.05) is 32.8 Å². The van der Waals surface area contributed by atoms with Gasteiger partial charge in [0, 0.05) is 19.5 Å². The van der Waals surface area contributed by atoms with Crippen LogP contribution in [0.3, 0.4) is 0 Å². The minimum absolute atomic E-state index is 0.101. The molecule has 0 saturated carbocycles. The van der Waals surface area contributed by atoms with Gasteiger partial charge in [0.15, 0.2) is 0 Å². The highest BCUT2D eigenvalue weighted by atomic mass is 16.5. The van der Waals surface area contributed by atoms with Crippen LogP contribution in [0.15, 0.2) is 0 Å². The Morgan fingerprint density at radius 1 is 1.22 bits per heavy atom. The number of piperidine rings is 1. The van der Waals surface area contributed by atoms with Crippen LogP contribution in [-0.4, -0.2) is 60.0 Å². The molecule has 5 nitrogen and oxygen atoms in total. The number of ether oxygens (including phenoxy) is 1. The Morgan fingerprint density at radius 3 is 2.56 bits per heavy atom. The van der Waals surface area contributed by atoms with E-state index in [2.05, 4.69) is 4.90 Å². The molecule has 1 heterocycles. The van der Waals surface area contributed by atoms with Gasteiger partial charge in [-0.05, 0) is 32.2 Å². The van der Waals surface area contributed by atoms with Crippen molar-refractivity contribution >= 4 is 5.97 Å². The molecule has 1 rings (SSSR count). The molecule has 0 aromatic carbocycles. The lowest BCUT2D eigenvalue weighted by Gasteiger charge is -2.31. The molecule has 0 aliphatic carbocycles. The van der Waals surface area contributed by atoms with Gasteiger partial charge in [-0.25, -0.2) is 0 Å². The maximum absolute atomic E-state index is 10.3. The first kappa shape index (κ1) is 15.4. The zero-order valence-electron chi connectivity index (χ0n) is 11.0. The van der Waals surface area contributed by atoms with Gasteiger partial charge in [0.05, 0.1) is 19.3 Å². The van der Waals surface area contributed by atoms with Gasteiger partial charge >= 0.3 is 5.97 Å². The van der Waals surface area contributed by atoms with Crippen molar-refractivity contribution in [3.8, 4) is 0 Å². The summed E-state index contributed by atoms with van der Waals surface area (Å²) < 4.78 is 5.51. The summed E-state index contributed by atoms with van der Waals surface area (Å²) in [5.74, 6) is -0.697. The molecule has 2 N–H and O–H groups in total. The number of carboxylic acid groups (broad SMARTS) is 1. The molecule has 5 heteroatoms. The van der Waals surface area contributed by atoms with Crippen LogP contribution in [0.1, 0.15) is 38.5 Å². The summed E-state index contributed by atoms with van der Waals surface area (Å²) in [6.07, 6.45) is 5.52. The number of rotatable bonds is 9. The Morgan fingerprint density at radius 2 is 1.94 bits per heavy atom. The quantitative estimate of drug-likeness (QED) is 0.607. The second kappa shape index (κ2) is 9.30. The van der Waals surface area contributed by atoms with Crippen LogP contribution >= 0.6 is 0 Å². The van der Waals surface area contributed by atoms with Crippen molar-refractivity contribution in [2.45, 2.75) is 44.6 Å². The molecule has 0 atom stereocenters. The average molecular weight is 259 g/mol. The Balaban J connectivity index is 1.97. The molecule has 1 saturated heterocycles. The third kappa shape index (κ3) is 6.93. The number of aliphatic hydroxyl groups excluding tert-OH is 1. The molecule has 0 bridgehead atoms. The van der Waals surface area contributed by atoms with E-state index in [0.29, 0.717) is 12.7 Å². The molecular weight excluding hydrogens is 234 g/mol. The molecule has 106 valence electrons. The minimum atomic E-state index is -0.697. The third-order valence-electron chi connectivity index (χ3n) is 3.34. The van der Waals surface area contributed by atoms with E-state index in [1.165, 1.54) is 0 Å². The first-order valence-corrected chi connectivity index (χ1v) is 6.89. The van der Waals surface area contributed by atoms with Crippen molar-refractivity contribution in [3.63, 3.8) is 0 Å². The molecule has 0 spiro atoms. The number of nitrogens with zero attached hydrogens (tertiary/aromatic N) is 1. The first-order valence-electron chi connectivity index (χ1n) is 6.89. The van der Waals surface area contributed by atoms with Gasteiger partial charge in [-0.15, -0.1) is 0 Å². The van der Waals surface area contributed by atoms with Gasteiger partial charge in [-0.3, -0.25) is 4.79 Å². The molecule has 0 amide bonds. The van der Waals surface area contributed by atoms with Crippen LogP contribution in [0.2, 0.25) is 0 Å². The average Bonchev–Trinajstić information content (AvgIpc) is 2.37. The molecule has 0 radical (unpaired) electrons. The van der Waals surface area contributed by atoms with Crippen molar-refractivity contribution in [2.24, 2.45) is 0 Å². The van der Waals surface area contributed by atoms with Crippen molar-refractivity contribution in [1.82, 2.24) is 4.90 Å². The number of hydrogen-bond acceptors (Lipinski definition) is 4. The van der Waals surface area contributed by atoms with Crippen LogP contribution in [-0.2, 0) is 9.53 Å². The fraction of sp³-hybridized carbons (Fsp3) is 0.923. The van der Waals surface area contributed by atoms with Crippen molar-refractivity contribution < 1.29 is 19.7 Å². The summed E-state index contributed by atoms with van der Waals surface area (Å²) in [6, 6.07) is 0. The maximum atomic E-state index is 10.3. The topological polar surface area (TPSA) is 70.0 Å². The zero-order chi connectivity index (χ0) is 13.2. The second-order valence-electron chi connectivity index (χ2n) is 4.84. The van der Waals surface area contributed by atoms with Crippen LogP contribution in [0.5, 0.6) is 0 Å². The molecule has 1 fully saturated rings. The first-order chi connectivity index (χ1) is 8.72. The van der Waals surface area contributed by atoms with Gasteiger partial charge < -0.3 is 19.8 Å². The van der Waals surface area contributed by atoms with Crippen LogP contribution in [0.25, 0.3) is 0 Å². The van der Waals surface area contributed by atoms with Crippen LogP contribution in [0, 0.1) is 0 Å². The third-order valence-corrected chi connectivity index (χ3v) is 3.34. The molecule has 0 aromatic rings. The number of carbonyl (C=O) groups is 1. The standard InChI is InChI=1S/C13H25NO4/c15-10-11-18-12-5-8-14(9-6-12)7-3-1-2-4-13(16)17/h12,15H,1-11H2,(H,16,17). The molecule has 0 aromatic heterocycles. The van der Waals surface area contributed by atoms with E-state index in [4.69, 9.17) is 14.9 Å². The highest BCUT2D eigenvalue weighted by Crippen LogP contribution is 2.14. The summed E-state index contributed by atoms with van der Waals surface area (Å²) in [5.41, 5.74) is 0. The summed E-state index contributed by atoms with van der Waals surface area (Å²) in [5, 5.41) is 17.2. The van der Waals surface area contributed by atoms with Crippen LogP contribution in [0.4, 0.5) is 0 Å². The number of likely N-dealkylation sites (tertiary alicyclic amines) is 1. The lowest BCUT2D eigenvalue weighted by atomic mass is 10.1. The van der Waals surface area contributed by atoms with Gasteiger partial charge in [-0.2, -0.15) is 0 Å². The van der Waals surface area contributed by atoms with Crippen LogP contribution < -0.4 is 0 Å². The highest BCUT2D eigenvalue weighted by molar-refractivity contribution is 5.66. The van der Waals surface area contributed by atoms with Gasteiger partial charge in [0.1, 0.15) is 0 Å². The molecular formula is C13H25NO4.